The summed E-state index contributed by atoms with van der Waals surface area (Å²) in [5, 5.41) is 32.2. The third kappa shape index (κ3) is 2.84. The molecule has 1 aliphatic rings. The molecule has 2 heterocycles. The monoisotopic (exact) mass is 376 g/mol. The van der Waals surface area contributed by atoms with Gasteiger partial charge in [-0.15, -0.1) is 0 Å². The van der Waals surface area contributed by atoms with E-state index in [-0.39, 0.29) is 12.0 Å². The van der Waals surface area contributed by atoms with Crippen molar-refractivity contribution in [3.63, 3.8) is 0 Å². The quantitative estimate of drug-likeness (QED) is 0.548. The average Bonchev–Trinajstić information content (AvgIpc) is 3.20. The third-order valence-corrected chi connectivity index (χ3v) is 5.28. The zero-order chi connectivity index (χ0) is 19.3. The molecule has 1 saturated carbocycles. The fraction of sp³-hybridized carbons (Fsp3) is 0.333. The van der Waals surface area contributed by atoms with Crippen LogP contribution in [0.25, 0.3) is 11.0 Å². The summed E-state index contributed by atoms with van der Waals surface area (Å²) in [6.07, 6.45) is -0.508. The van der Waals surface area contributed by atoms with Crippen molar-refractivity contribution >= 4 is 16.9 Å². The maximum absolute atomic E-state index is 13.5. The van der Waals surface area contributed by atoms with Gasteiger partial charge < -0.3 is 25.6 Å². The van der Waals surface area contributed by atoms with Crippen molar-refractivity contribution in [3.8, 4) is 0 Å². The number of aliphatic hydroxyl groups excluding tert-OH is 3. The second-order valence-electron chi connectivity index (χ2n) is 6.79. The van der Waals surface area contributed by atoms with Crippen molar-refractivity contribution in [3.05, 3.63) is 54.0 Å². The van der Waals surface area contributed by atoms with Gasteiger partial charge in [0.15, 0.2) is 11.6 Å². The SMILES string of the molecule is Nc1ncnc2c1ccn2[C@@H]1C[C@H]([C@H](O)c2ccc(F)c(F)c2)[C@@H](O)[C@H]1O. The Morgan fingerprint density at radius 3 is 2.63 bits per heavy atom. The van der Waals surface area contributed by atoms with E-state index >= 15 is 0 Å². The zero-order valence-corrected chi connectivity index (χ0v) is 14.1. The lowest BCUT2D eigenvalue weighted by Crippen LogP contribution is -2.31. The van der Waals surface area contributed by atoms with E-state index in [2.05, 4.69) is 9.97 Å². The fourth-order valence-electron chi connectivity index (χ4n) is 3.83. The van der Waals surface area contributed by atoms with Crippen molar-refractivity contribution in [2.45, 2.75) is 30.8 Å². The summed E-state index contributed by atoms with van der Waals surface area (Å²) in [4.78, 5) is 8.10. The molecule has 0 bridgehead atoms. The van der Waals surface area contributed by atoms with Gasteiger partial charge >= 0.3 is 0 Å². The van der Waals surface area contributed by atoms with Crippen LogP contribution in [0, 0.1) is 17.6 Å². The number of halogens is 2. The molecule has 1 aromatic carbocycles. The van der Waals surface area contributed by atoms with Gasteiger partial charge in [-0.05, 0) is 30.2 Å². The molecular formula is C18H18F2N4O3. The summed E-state index contributed by atoms with van der Waals surface area (Å²) < 4.78 is 28.3. The van der Waals surface area contributed by atoms with Crippen LogP contribution >= 0.6 is 0 Å². The molecule has 2 aromatic heterocycles. The molecule has 4 rings (SSSR count). The van der Waals surface area contributed by atoms with Crippen molar-refractivity contribution in [2.75, 3.05) is 5.73 Å². The van der Waals surface area contributed by atoms with Crippen LogP contribution in [-0.4, -0.2) is 42.1 Å². The molecule has 1 aliphatic carbocycles. The summed E-state index contributed by atoms with van der Waals surface area (Å²) in [6.45, 7) is 0. The van der Waals surface area contributed by atoms with Gasteiger partial charge in [-0.3, -0.25) is 0 Å². The maximum atomic E-state index is 13.5. The second-order valence-corrected chi connectivity index (χ2v) is 6.79. The number of benzene rings is 1. The Morgan fingerprint density at radius 2 is 1.89 bits per heavy atom. The Hall–Kier alpha value is -2.62. The smallest absolute Gasteiger partial charge is 0.159 e. The number of anilines is 1. The molecule has 0 radical (unpaired) electrons. The molecular weight excluding hydrogens is 358 g/mol. The van der Waals surface area contributed by atoms with Crippen LogP contribution in [0.3, 0.4) is 0 Å². The number of nitrogens with two attached hydrogens (primary N) is 1. The molecule has 142 valence electrons. The molecule has 5 atom stereocenters. The highest BCUT2D eigenvalue weighted by Gasteiger charge is 2.46. The number of aromatic nitrogens is 3. The van der Waals surface area contributed by atoms with Gasteiger partial charge in [0.1, 0.15) is 23.9 Å². The number of nitrogens with zero attached hydrogens (tertiary/aromatic N) is 3. The number of hydrogen-bond donors (Lipinski definition) is 4. The lowest BCUT2D eigenvalue weighted by molar-refractivity contribution is -0.0265. The van der Waals surface area contributed by atoms with Crippen LogP contribution in [0.2, 0.25) is 0 Å². The number of nitrogen functional groups attached to an aromatic ring is 1. The van der Waals surface area contributed by atoms with Crippen LogP contribution in [0.5, 0.6) is 0 Å². The summed E-state index contributed by atoms with van der Waals surface area (Å²) in [5.74, 6) is -2.58. The summed E-state index contributed by atoms with van der Waals surface area (Å²) in [5.41, 5.74) is 6.46. The van der Waals surface area contributed by atoms with Crippen molar-refractivity contribution in [1.29, 1.82) is 0 Å². The topological polar surface area (TPSA) is 117 Å². The van der Waals surface area contributed by atoms with Crippen molar-refractivity contribution < 1.29 is 24.1 Å². The summed E-state index contributed by atoms with van der Waals surface area (Å²) in [6, 6.07) is 4.21. The van der Waals surface area contributed by atoms with E-state index in [4.69, 9.17) is 5.73 Å². The first-order valence-corrected chi connectivity index (χ1v) is 8.44. The number of hydrogen-bond acceptors (Lipinski definition) is 6. The first-order valence-electron chi connectivity index (χ1n) is 8.44. The van der Waals surface area contributed by atoms with Gasteiger partial charge in [-0.1, -0.05) is 6.07 Å². The number of rotatable bonds is 3. The van der Waals surface area contributed by atoms with Crippen LogP contribution in [0.1, 0.15) is 24.1 Å². The standard InChI is InChI=1S/C18H18F2N4O3/c19-11-2-1-8(5-12(11)20)14(25)10-6-13(16(27)15(10)26)24-4-3-9-17(21)22-7-23-18(9)24/h1-5,7,10,13-16,25-27H,6H2,(H2,21,22,23)/t10-,13-,14-,15-,16+/m1/s1. The maximum Gasteiger partial charge on any atom is 0.159 e. The van der Waals surface area contributed by atoms with Gasteiger partial charge in [0.25, 0.3) is 0 Å². The third-order valence-electron chi connectivity index (χ3n) is 5.28. The summed E-state index contributed by atoms with van der Waals surface area (Å²) >= 11 is 0. The van der Waals surface area contributed by atoms with E-state index in [1.807, 2.05) is 0 Å². The van der Waals surface area contributed by atoms with Gasteiger partial charge in [0, 0.05) is 12.1 Å². The molecule has 3 aromatic rings. The zero-order valence-electron chi connectivity index (χ0n) is 14.1. The lowest BCUT2D eigenvalue weighted by Gasteiger charge is -2.22. The van der Waals surface area contributed by atoms with E-state index < -0.39 is 41.9 Å². The predicted molar refractivity (Wildman–Crippen MR) is 92.4 cm³/mol. The van der Waals surface area contributed by atoms with E-state index in [1.54, 1.807) is 16.8 Å². The highest BCUT2D eigenvalue weighted by atomic mass is 19.2. The molecule has 5 N–H and O–H groups in total. The minimum Gasteiger partial charge on any atom is -0.390 e. The molecule has 0 aliphatic heterocycles. The fourth-order valence-corrected chi connectivity index (χ4v) is 3.83. The van der Waals surface area contributed by atoms with Crippen LogP contribution in [0.15, 0.2) is 36.8 Å². The van der Waals surface area contributed by atoms with Gasteiger partial charge in [0.05, 0.1) is 23.6 Å². The lowest BCUT2D eigenvalue weighted by atomic mass is 9.92. The first-order chi connectivity index (χ1) is 12.9. The summed E-state index contributed by atoms with van der Waals surface area (Å²) in [7, 11) is 0. The Labute approximate surface area is 152 Å². The van der Waals surface area contributed by atoms with E-state index in [1.165, 1.54) is 12.4 Å². The average molecular weight is 376 g/mol. The Morgan fingerprint density at radius 1 is 1.11 bits per heavy atom. The molecule has 27 heavy (non-hydrogen) atoms. The largest absolute Gasteiger partial charge is 0.390 e. The van der Waals surface area contributed by atoms with Gasteiger partial charge in [-0.2, -0.15) is 0 Å². The minimum atomic E-state index is -1.27. The Balaban J connectivity index is 1.66. The predicted octanol–water partition coefficient (Wildman–Crippen LogP) is 1.31. The number of fused-ring (bicyclic) bond motifs is 1. The molecule has 9 heteroatoms. The molecule has 7 nitrogen and oxygen atoms in total. The highest BCUT2D eigenvalue weighted by Crippen LogP contribution is 2.43. The second kappa shape index (κ2) is 6.52. The van der Waals surface area contributed by atoms with Crippen molar-refractivity contribution in [2.24, 2.45) is 5.92 Å². The minimum absolute atomic E-state index is 0.134. The highest BCUT2D eigenvalue weighted by molar-refractivity contribution is 5.86. The first kappa shape index (κ1) is 17.8. The molecule has 1 fully saturated rings. The van der Waals surface area contributed by atoms with Crippen LogP contribution in [0.4, 0.5) is 14.6 Å². The van der Waals surface area contributed by atoms with E-state index in [0.717, 1.165) is 12.1 Å². The Bertz CT molecular complexity index is 996. The Kier molecular flexibility index (Phi) is 4.29. The van der Waals surface area contributed by atoms with Crippen LogP contribution < -0.4 is 5.73 Å². The van der Waals surface area contributed by atoms with E-state index in [0.29, 0.717) is 16.9 Å². The molecule has 0 unspecified atom stereocenters. The van der Waals surface area contributed by atoms with Crippen molar-refractivity contribution in [1.82, 2.24) is 14.5 Å². The van der Waals surface area contributed by atoms with Crippen LogP contribution in [-0.2, 0) is 0 Å². The van der Waals surface area contributed by atoms with Gasteiger partial charge in [-0.25, -0.2) is 18.7 Å². The van der Waals surface area contributed by atoms with Gasteiger partial charge in [0.2, 0.25) is 0 Å². The number of aliphatic hydroxyl groups is 3. The molecule has 0 saturated heterocycles. The molecule has 0 amide bonds. The normalized spacial score (nSPS) is 26.6. The molecule has 0 spiro atoms. The van der Waals surface area contributed by atoms with E-state index in [9.17, 15) is 24.1 Å².